The van der Waals surface area contributed by atoms with Gasteiger partial charge in [0.25, 0.3) is 5.91 Å². The van der Waals surface area contributed by atoms with E-state index in [4.69, 9.17) is 16.3 Å². The Morgan fingerprint density at radius 1 is 1.43 bits per heavy atom. The lowest BCUT2D eigenvalue weighted by atomic mass is 10.1. The number of likely N-dealkylation sites (tertiary alicyclic amines) is 1. The van der Waals surface area contributed by atoms with E-state index in [0.717, 1.165) is 25.1 Å². The van der Waals surface area contributed by atoms with Crippen molar-refractivity contribution in [3.63, 3.8) is 0 Å². The van der Waals surface area contributed by atoms with Crippen LogP contribution in [0.15, 0.2) is 36.7 Å². The van der Waals surface area contributed by atoms with E-state index in [-0.39, 0.29) is 12.0 Å². The fraction of sp³-hybridized carbons (Fsp3) is 0.412. The highest BCUT2D eigenvalue weighted by molar-refractivity contribution is 6.32. The summed E-state index contributed by atoms with van der Waals surface area (Å²) in [4.78, 5) is 14.5. The number of carbonyl (C=O) groups excluding carboxylic acids is 1. The molecule has 2 heterocycles. The van der Waals surface area contributed by atoms with Crippen LogP contribution in [0.2, 0.25) is 5.02 Å². The Kier molecular flexibility index (Phi) is 4.98. The first-order valence-corrected chi connectivity index (χ1v) is 8.27. The lowest BCUT2D eigenvalue weighted by molar-refractivity contribution is 0.00724. The van der Waals surface area contributed by atoms with Crippen molar-refractivity contribution in [2.45, 2.75) is 25.9 Å². The van der Waals surface area contributed by atoms with Gasteiger partial charge in [0.2, 0.25) is 0 Å². The number of benzene rings is 1. The molecule has 1 aliphatic rings. The zero-order chi connectivity index (χ0) is 16.2. The molecule has 0 radical (unpaired) electrons. The van der Waals surface area contributed by atoms with Crippen molar-refractivity contribution in [1.82, 2.24) is 14.7 Å². The number of aromatic nitrogens is 2. The minimum Gasteiger partial charge on any atom is -0.377 e. The largest absolute Gasteiger partial charge is 0.377 e. The number of rotatable bonds is 4. The lowest BCUT2D eigenvalue weighted by Crippen LogP contribution is -2.43. The number of hydrogen-bond donors (Lipinski definition) is 0. The topological polar surface area (TPSA) is 47.4 Å². The summed E-state index contributed by atoms with van der Waals surface area (Å²) in [7, 11) is 0. The maximum atomic E-state index is 12.7. The summed E-state index contributed by atoms with van der Waals surface area (Å²) in [6, 6.07) is 7.43. The number of piperidine rings is 1. The average molecular weight is 334 g/mol. The molecule has 1 aromatic heterocycles. The van der Waals surface area contributed by atoms with Gasteiger partial charge in [-0.2, -0.15) is 5.10 Å². The first-order chi connectivity index (χ1) is 11.2. The number of halogens is 1. The van der Waals surface area contributed by atoms with Crippen LogP contribution < -0.4 is 0 Å². The zero-order valence-electron chi connectivity index (χ0n) is 13.1. The van der Waals surface area contributed by atoms with Crippen molar-refractivity contribution in [3.05, 3.63) is 47.2 Å². The van der Waals surface area contributed by atoms with E-state index in [9.17, 15) is 4.79 Å². The second-order valence-corrected chi connectivity index (χ2v) is 6.00. The van der Waals surface area contributed by atoms with Gasteiger partial charge < -0.3 is 9.64 Å². The van der Waals surface area contributed by atoms with Gasteiger partial charge in [-0.15, -0.1) is 0 Å². The highest BCUT2D eigenvalue weighted by Gasteiger charge is 2.25. The molecule has 3 rings (SSSR count). The first kappa shape index (κ1) is 16.0. The highest BCUT2D eigenvalue weighted by Crippen LogP contribution is 2.20. The van der Waals surface area contributed by atoms with Gasteiger partial charge in [-0.05, 0) is 31.9 Å². The fourth-order valence-electron chi connectivity index (χ4n) is 2.88. The molecule has 0 bridgehead atoms. The normalized spacial score (nSPS) is 18.2. The number of hydrogen-bond acceptors (Lipinski definition) is 3. The van der Waals surface area contributed by atoms with Crippen LogP contribution in [0.3, 0.4) is 0 Å². The first-order valence-electron chi connectivity index (χ1n) is 7.89. The molecule has 0 aliphatic carbocycles. The fourth-order valence-corrected chi connectivity index (χ4v) is 3.10. The van der Waals surface area contributed by atoms with E-state index >= 15 is 0 Å². The summed E-state index contributed by atoms with van der Waals surface area (Å²) in [6.45, 7) is 4.06. The Hall–Kier alpha value is -1.85. The Balaban J connectivity index is 1.75. The Morgan fingerprint density at radius 2 is 2.26 bits per heavy atom. The molecule has 0 saturated carbocycles. The molecule has 5 nitrogen and oxygen atoms in total. The summed E-state index contributed by atoms with van der Waals surface area (Å²) < 4.78 is 7.30. The van der Waals surface area contributed by atoms with Crippen LogP contribution in [0.1, 0.15) is 30.1 Å². The SMILES string of the molecule is CCOC1CCCN(C(=O)c2cnn(-c3ccccc3Cl)c2)C1. The van der Waals surface area contributed by atoms with E-state index < -0.39 is 0 Å². The molecular formula is C17H20ClN3O2. The third-order valence-electron chi connectivity index (χ3n) is 4.00. The predicted octanol–water partition coefficient (Wildman–Crippen LogP) is 3.17. The van der Waals surface area contributed by atoms with Gasteiger partial charge in [-0.25, -0.2) is 4.68 Å². The van der Waals surface area contributed by atoms with Gasteiger partial charge in [0.15, 0.2) is 0 Å². The molecule has 1 saturated heterocycles. The number of amides is 1. The van der Waals surface area contributed by atoms with Crippen LogP contribution in [-0.4, -0.2) is 46.4 Å². The van der Waals surface area contributed by atoms with Crippen LogP contribution >= 0.6 is 11.6 Å². The van der Waals surface area contributed by atoms with Crippen LogP contribution in [0.4, 0.5) is 0 Å². The van der Waals surface area contributed by atoms with Crippen molar-refractivity contribution in [2.75, 3.05) is 19.7 Å². The van der Waals surface area contributed by atoms with E-state index in [2.05, 4.69) is 5.10 Å². The van der Waals surface area contributed by atoms with Crippen molar-refractivity contribution < 1.29 is 9.53 Å². The minimum atomic E-state index is -0.00675. The Labute approximate surface area is 140 Å². The monoisotopic (exact) mass is 333 g/mol. The van der Waals surface area contributed by atoms with Crippen molar-refractivity contribution in [1.29, 1.82) is 0 Å². The summed E-state index contributed by atoms with van der Waals surface area (Å²) in [5.41, 5.74) is 1.33. The summed E-state index contributed by atoms with van der Waals surface area (Å²) in [5.74, 6) is -0.00675. The maximum absolute atomic E-state index is 12.7. The number of nitrogens with zero attached hydrogens (tertiary/aromatic N) is 3. The van der Waals surface area contributed by atoms with Gasteiger partial charge in [-0.1, -0.05) is 23.7 Å². The quantitative estimate of drug-likeness (QED) is 0.863. The molecule has 1 aromatic carbocycles. The predicted molar refractivity (Wildman–Crippen MR) is 89.1 cm³/mol. The standard InChI is InChI=1S/C17H20ClN3O2/c1-2-23-14-6-5-9-20(12-14)17(22)13-10-19-21(11-13)16-8-4-3-7-15(16)18/h3-4,7-8,10-11,14H,2,5-6,9,12H2,1H3. The Morgan fingerprint density at radius 3 is 3.04 bits per heavy atom. The van der Waals surface area contributed by atoms with Crippen LogP contribution in [0, 0.1) is 0 Å². The average Bonchev–Trinajstić information content (AvgIpc) is 3.05. The summed E-state index contributed by atoms with van der Waals surface area (Å²) in [6.07, 6.45) is 5.44. The van der Waals surface area contributed by atoms with E-state index in [0.29, 0.717) is 23.7 Å². The van der Waals surface area contributed by atoms with Gasteiger partial charge >= 0.3 is 0 Å². The smallest absolute Gasteiger partial charge is 0.257 e. The third-order valence-corrected chi connectivity index (χ3v) is 4.32. The number of para-hydroxylation sites is 1. The van der Waals surface area contributed by atoms with Crippen LogP contribution in [-0.2, 0) is 4.74 Å². The maximum Gasteiger partial charge on any atom is 0.257 e. The molecule has 0 spiro atoms. The minimum absolute atomic E-state index is 0.00675. The van der Waals surface area contributed by atoms with Crippen LogP contribution in [0.5, 0.6) is 0 Å². The molecule has 1 amide bonds. The summed E-state index contributed by atoms with van der Waals surface area (Å²) in [5, 5.41) is 4.87. The molecule has 0 N–H and O–H groups in total. The highest BCUT2D eigenvalue weighted by atomic mass is 35.5. The van der Waals surface area contributed by atoms with Gasteiger partial charge in [0.1, 0.15) is 0 Å². The molecule has 6 heteroatoms. The van der Waals surface area contributed by atoms with E-state index in [1.54, 1.807) is 23.1 Å². The molecule has 1 atom stereocenters. The van der Waals surface area contributed by atoms with Gasteiger partial charge in [0, 0.05) is 25.9 Å². The zero-order valence-corrected chi connectivity index (χ0v) is 13.9. The van der Waals surface area contributed by atoms with Crippen LogP contribution in [0.25, 0.3) is 5.69 Å². The molecule has 122 valence electrons. The molecular weight excluding hydrogens is 314 g/mol. The molecule has 1 aliphatic heterocycles. The van der Waals surface area contributed by atoms with Gasteiger partial charge in [0.05, 0.1) is 28.6 Å². The Bertz CT molecular complexity index is 684. The van der Waals surface area contributed by atoms with Crippen molar-refractivity contribution in [3.8, 4) is 5.69 Å². The number of ether oxygens (including phenoxy) is 1. The molecule has 2 aromatic rings. The summed E-state index contributed by atoms with van der Waals surface area (Å²) >= 11 is 6.18. The second kappa shape index (κ2) is 7.15. The third kappa shape index (κ3) is 3.57. The van der Waals surface area contributed by atoms with Crippen molar-refractivity contribution in [2.24, 2.45) is 0 Å². The van der Waals surface area contributed by atoms with Gasteiger partial charge in [-0.3, -0.25) is 4.79 Å². The lowest BCUT2D eigenvalue weighted by Gasteiger charge is -2.32. The van der Waals surface area contributed by atoms with Crippen molar-refractivity contribution >= 4 is 17.5 Å². The van der Waals surface area contributed by atoms with E-state index in [1.807, 2.05) is 30.0 Å². The molecule has 1 fully saturated rings. The molecule has 23 heavy (non-hydrogen) atoms. The molecule has 1 unspecified atom stereocenters. The second-order valence-electron chi connectivity index (χ2n) is 5.60. The van der Waals surface area contributed by atoms with E-state index in [1.165, 1.54) is 0 Å². The number of carbonyl (C=O) groups is 1.